The number of nitrogens with zero attached hydrogens (tertiary/aromatic N) is 2. The van der Waals surface area contributed by atoms with Gasteiger partial charge >= 0.3 is 0 Å². The number of hydrogen-bond acceptors (Lipinski definition) is 4. The second-order valence-corrected chi connectivity index (χ2v) is 6.35. The van der Waals surface area contributed by atoms with Crippen molar-refractivity contribution in [3.8, 4) is 0 Å². The van der Waals surface area contributed by atoms with E-state index in [0.29, 0.717) is 10.9 Å². The third kappa shape index (κ3) is 4.45. The number of benzene rings is 1. The lowest BCUT2D eigenvalue weighted by Crippen LogP contribution is -2.15. The summed E-state index contributed by atoms with van der Waals surface area (Å²) in [6.07, 6.45) is 0. The maximum atomic E-state index is 11.9. The smallest absolute Gasteiger partial charge is 0.234 e. The van der Waals surface area contributed by atoms with E-state index < -0.39 is 0 Å². The number of thioether (sulfide) groups is 1. The molecule has 1 N–H and O–H groups in total. The van der Waals surface area contributed by atoms with Crippen LogP contribution >= 0.6 is 34.4 Å². The Balaban J connectivity index is 1.94. The molecular weight excluding hydrogens is 385 g/mol. The van der Waals surface area contributed by atoms with Gasteiger partial charge in [0, 0.05) is 15.0 Å². The number of hydrogen-bond donors (Lipinski definition) is 1. The van der Waals surface area contributed by atoms with E-state index in [2.05, 4.69) is 37.9 Å². The van der Waals surface area contributed by atoms with Gasteiger partial charge in [-0.2, -0.15) is 0 Å². The number of nitrogens with one attached hydrogen (secondary N) is 1. The van der Waals surface area contributed by atoms with Gasteiger partial charge in [-0.3, -0.25) is 4.79 Å². The van der Waals surface area contributed by atoms with E-state index in [9.17, 15) is 4.79 Å². The van der Waals surface area contributed by atoms with Gasteiger partial charge in [-0.25, -0.2) is 9.97 Å². The number of para-hydroxylation sites is 1. The molecule has 104 valence electrons. The predicted octanol–water partition coefficient (Wildman–Crippen LogP) is 3.43. The zero-order valence-electron chi connectivity index (χ0n) is 11.2. The molecule has 0 saturated carbocycles. The molecule has 0 fully saturated rings. The molecule has 4 nitrogen and oxygen atoms in total. The number of aromatic nitrogens is 2. The monoisotopic (exact) mass is 399 g/mol. The Hall–Kier alpha value is -1.15. The fraction of sp³-hybridized carbons (Fsp3) is 0.214. The van der Waals surface area contributed by atoms with E-state index in [0.717, 1.165) is 20.6 Å². The Kier molecular flexibility index (Phi) is 5.36. The van der Waals surface area contributed by atoms with Crippen LogP contribution in [0.3, 0.4) is 0 Å². The lowest BCUT2D eigenvalue weighted by molar-refractivity contribution is -0.113. The second-order valence-electron chi connectivity index (χ2n) is 4.25. The molecule has 2 aromatic rings. The summed E-state index contributed by atoms with van der Waals surface area (Å²) in [4.78, 5) is 20.5. The number of halogens is 1. The Labute approximate surface area is 135 Å². The van der Waals surface area contributed by atoms with Crippen molar-refractivity contribution in [2.45, 2.75) is 19.0 Å². The van der Waals surface area contributed by atoms with Crippen molar-refractivity contribution in [3.05, 3.63) is 45.3 Å². The number of amides is 1. The van der Waals surface area contributed by atoms with Crippen LogP contribution in [-0.2, 0) is 4.79 Å². The van der Waals surface area contributed by atoms with Crippen molar-refractivity contribution in [3.63, 3.8) is 0 Å². The van der Waals surface area contributed by atoms with E-state index in [1.165, 1.54) is 11.8 Å². The Morgan fingerprint density at radius 1 is 1.25 bits per heavy atom. The number of anilines is 1. The maximum absolute atomic E-state index is 11.9. The number of carbonyl (C=O) groups excluding carboxylic acids is 1. The topological polar surface area (TPSA) is 54.9 Å². The van der Waals surface area contributed by atoms with Crippen molar-refractivity contribution in [1.82, 2.24) is 9.97 Å². The lowest BCUT2D eigenvalue weighted by atomic mass is 10.3. The first-order valence-corrected chi connectivity index (χ1v) is 8.10. The van der Waals surface area contributed by atoms with Crippen LogP contribution in [0.5, 0.6) is 0 Å². The molecule has 1 aromatic carbocycles. The molecule has 0 unspecified atom stereocenters. The predicted molar refractivity (Wildman–Crippen MR) is 90.0 cm³/mol. The fourth-order valence-electron chi connectivity index (χ4n) is 1.64. The first-order chi connectivity index (χ1) is 9.54. The van der Waals surface area contributed by atoms with Gasteiger partial charge in [0.1, 0.15) is 0 Å². The van der Waals surface area contributed by atoms with Crippen molar-refractivity contribution in [1.29, 1.82) is 0 Å². The van der Waals surface area contributed by atoms with Gasteiger partial charge in [0.05, 0.1) is 11.4 Å². The highest BCUT2D eigenvalue weighted by molar-refractivity contribution is 14.1. The highest BCUT2D eigenvalue weighted by atomic mass is 127. The number of rotatable bonds is 4. The van der Waals surface area contributed by atoms with E-state index in [1.54, 1.807) is 0 Å². The van der Waals surface area contributed by atoms with Crippen LogP contribution in [0, 0.1) is 17.4 Å². The van der Waals surface area contributed by atoms with Crippen LogP contribution in [0.25, 0.3) is 0 Å². The third-order valence-corrected chi connectivity index (χ3v) is 4.23. The van der Waals surface area contributed by atoms with E-state index in [-0.39, 0.29) is 5.91 Å². The zero-order chi connectivity index (χ0) is 14.5. The minimum atomic E-state index is -0.0538. The molecule has 0 radical (unpaired) electrons. The molecule has 0 atom stereocenters. The molecular formula is C14H14IN3OS. The molecule has 1 amide bonds. The molecule has 0 aliphatic carbocycles. The van der Waals surface area contributed by atoms with Crippen molar-refractivity contribution >= 4 is 45.9 Å². The average Bonchev–Trinajstić information content (AvgIpc) is 2.38. The van der Waals surface area contributed by atoms with Gasteiger partial charge in [-0.1, -0.05) is 23.9 Å². The standard InChI is InChI=1S/C14H14IN3OS/c1-9-7-10(2)17-14(16-9)20-8-13(19)18-12-6-4-3-5-11(12)15/h3-7H,8H2,1-2H3,(H,18,19). The van der Waals surface area contributed by atoms with Crippen molar-refractivity contribution < 1.29 is 4.79 Å². The first kappa shape index (κ1) is 15.2. The molecule has 0 aliphatic heterocycles. The summed E-state index contributed by atoms with van der Waals surface area (Å²) >= 11 is 3.54. The van der Waals surface area contributed by atoms with Crippen LogP contribution in [0.15, 0.2) is 35.5 Å². The lowest BCUT2D eigenvalue weighted by Gasteiger charge is -2.07. The number of carbonyl (C=O) groups is 1. The summed E-state index contributed by atoms with van der Waals surface area (Å²) in [5.74, 6) is 0.246. The summed E-state index contributed by atoms with van der Waals surface area (Å²) < 4.78 is 1.02. The molecule has 0 saturated heterocycles. The van der Waals surface area contributed by atoms with Gasteiger partial charge in [0.25, 0.3) is 0 Å². The van der Waals surface area contributed by atoms with Crippen LogP contribution in [-0.4, -0.2) is 21.6 Å². The van der Waals surface area contributed by atoms with E-state index >= 15 is 0 Å². The quantitative estimate of drug-likeness (QED) is 0.486. The van der Waals surface area contributed by atoms with Gasteiger partial charge in [-0.05, 0) is 54.6 Å². The van der Waals surface area contributed by atoms with Crippen LogP contribution in [0.2, 0.25) is 0 Å². The molecule has 6 heteroatoms. The average molecular weight is 399 g/mol. The van der Waals surface area contributed by atoms with E-state index in [4.69, 9.17) is 0 Å². The Morgan fingerprint density at radius 3 is 2.55 bits per heavy atom. The molecule has 2 rings (SSSR count). The van der Waals surface area contributed by atoms with Crippen LogP contribution < -0.4 is 5.32 Å². The van der Waals surface area contributed by atoms with Gasteiger partial charge in [-0.15, -0.1) is 0 Å². The molecule has 0 bridgehead atoms. The normalized spacial score (nSPS) is 10.3. The first-order valence-electron chi connectivity index (χ1n) is 6.04. The second kappa shape index (κ2) is 7.03. The SMILES string of the molecule is Cc1cc(C)nc(SCC(=O)Nc2ccccc2I)n1. The molecule has 1 aromatic heterocycles. The van der Waals surface area contributed by atoms with Gasteiger partial charge < -0.3 is 5.32 Å². The largest absolute Gasteiger partial charge is 0.324 e. The van der Waals surface area contributed by atoms with Crippen molar-refractivity contribution in [2.75, 3.05) is 11.1 Å². The summed E-state index contributed by atoms with van der Waals surface area (Å²) in [5, 5.41) is 3.53. The third-order valence-electron chi connectivity index (χ3n) is 2.44. The fourth-order valence-corrected chi connectivity index (χ4v) is 2.91. The minimum Gasteiger partial charge on any atom is -0.324 e. The van der Waals surface area contributed by atoms with Gasteiger partial charge in [0.15, 0.2) is 5.16 Å². The molecule has 20 heavy (non-hydrogen) atoms. The highest BCUT2D eigenvalue weighted by Crippen LogP contribution is 2.18. The van der Waals surface area contributed by atoms with Gasteiger partial charge in [0.2, 0.25) is 5.91 Å². The van der Waals surface area contributed by atoms with Crippen LogP contribution in [0.1, 0.15) is 11.4 Å². The Morgan fingerprint density at radius 2 is 1.90 bits per heavy atom. The molecule has 0 spiro atoms. The van der Waals surface area contributed by atoms with Crippen molar-refractivity contribution in [2.24, 2.45) is 0 Å². The summed E-state index contributed by atoms with van der Waals surface area (Å²) in [5.41, 5.74) is 2.66. The van der Waals surface area contributed by atoms with E-state index in [1.807, 2.05) is 44.2 Å². The number of aryl methyl sites for hydroxylation is 2. The molecule has 1 heterocycles. The summed E-state index contributed by atoms with van der Waals surface area (Å²) in [6, 6.07) is 9.60. The minimum absolute atomic E-state index is 0.0538. The zero-order valence-corrected chi connectivity index (χ0v) is 14.2. The molecule has 0 aliphatic rings. The highest BCUT2D eigenvalue weighted by Gasteiger charge is 2.08. The van der Waals surface area contributed by atoms with Crippen LogP contribution in [0.4, 0.5) is 5.69 Å². The summed E-state index contributed by atoms with van der Waals surface area (Å²) in [6.45, 7) is 3.84. The Bertz CT molecular complexity index is 613. The summed E-state index contributed by atoms with van der Waals surface area (Å²) in [7, 11) is 0. The maximum Gasteiger partial charge on any atom is 0.234 e.